The summed E-state index contributed by atoms with van der Waals surface area (Å²) < 4.78 is 8.28. The van der Waals surface area contributed by atoms with Crippen LogP contribution < -0.4 is 0 Å². The van der Waals surface area contributed by atoms with Gasteiger partial charge in [-0.15, -0.1) is 0 Å². The Kier molecular flexibility index (Phi) is 128. The summed E-state index contributed by atoms with van der Waals surface area (Å²) in [5.41, 5.74) is 0. The predicted molar refractivity (Wildman–Crippen MR) is 20.6 cm³/mol. The second-order valence-corrected chi connectivity index (χ2v) is 0. The Morgan fingerprint density at radius 2 is 1.25 bits per heavy atom. The van der Waals surface area contributed by atoms with Crippen molar-refractivity contribution in [2.75, 3.05) is 0 Å². The van der Waals surface area contributed by atoms with Crippen LogP contribution in [0.25, 0.3) is 0 Å². The standard InChI is InChI=1S/GeH4.H2OSi.Ta/c;1-2;/h1H4;2H2;. The molecule has 0 amide bonds. The summed E-state index contributed by atoms with van der Waals surface area (Å²) in [4.78, 5) is 0. The first-order chi connectivity index (χ1) is 1.00. The summed E-state index contributed by atoms with van der Waals surface area (Å²) in [5.74, 6) is 0. The molecule has 0 atom stereocenters. The SMILES string of the molecule is O=[SiH2].[GeH4].[Ta]. The van der Waals surface area contributed by atoms with Crippen LogP contribution >= 0.6 is 0 Å². The van der Waals surface area contributed by atoms with Crippen molar-refractivity contribution in [1.82, 2.24) is 0 Å². The molecule has 0 unspecified atom stereocenters. The van der Waals surface area contributed by atoms with Gasteiger partial charge in [0, 0.05) is 22.4 Å². The second kappa shape index (κ2) is 27.7. The van der Waals surface area contributed by atoms with Gasteiger partial charge in [-0.05, 0) is 0 Å². The summed E-state index contributed by atoms with van der Waals surface area (Å²) in [6.45, 7) is 0. The van der Waals surface area contributed by atoms with E-state index in [0.29, 0.717) is 10.1 Å². The minimum atomic E-state index is 0. The van der Waals surface area contributed by atoms with Crippen molar-refractivity contribution in [3.05, 3.63) is 0 Å². The number of hydrogen-bond acceptors (Lipinski definition) is 1. The van der Waals surface area contributed by atoms with Gasteiger partial charge in [0.25, 0.3) is 0 Å². The van der Waals surface area contributed by atoms with Crippen molar-refractivity contribution in [1.29, 1.82) is 0 Å². The minimum absolute atomic E-state index is 0. The van der Waals surface area contributed by atoms with Gasteiger partial charge in [-0.2, -0.15) is 0 Å². The van der Waals surface area contributed by atoms with E-state index in [1.807, 2.05) is 0 Å². The molecule has 0 rings (SSSR count). The topological polar surface area (TPSA) is 17.1 Å². The van der Waals surface area contributed by atoms with E-state index in [-0.39, 0.29) is 40.0 Å². The van der Waals surface area contributed by atoms with E-state index in [0.717, 1.165) is 0 Å². The molecule has 0 bridgehead atoms. The third-order valence-electron chi connectivity index (χ3n) is 0. The Bertz CT molecular complexity index is 8.00. The van der Waals surface area contributed by atoms with Gasteiger partial charge in [-0.25, -0.2) is 0 Å². The summed E-state index contributed by atoms with van der Waals surface area (Å²) in [7, 11) is 0.611. The Balaban J connectivity index is -0.00000000500. The van der Waals surface area contributed by atoms with Gasteiger partial charge in [0.2, 0.25) is 10.1 Å². The van der Waals surface area contributed by atoms with Gasteiger partial charge in [0.05, 0.1) is 0 Å². The Labute approximate surface area is 54.5 Å². The third kappa shape index (κ3) is 10.3. The van der Waals surface area contributed by atoms with Crippen molar-refractivity contribution in [2.24, 2.45) is 0 Å². The molecule has 0 aromatic heterocycles. The zero-order valence-corrected chi connectivity index (χ0v) is 6.19. The van der Waals surface area contributed by atoms with Crippen molar-refractivity contribution >= 4 is 27.7 Å². The Morgan fingerprint density at radius 1 is 1.25 bits per heavy atom. The molecular formula is H6GeOSiTa. The van der Waals surface area contributed by atoms with Crippen LogP contribution in [0.4, 0.5) is 0 Å². The van der Waals surface area contributed by atoms with Gasteiger partial charge < -0.3 is 4.46 Å². The quantitative estimate of drug-likeness (QED) is 0.453. The van der Waals surface area contributed by atoms with Crippen molar-refractivity contribution in [3.63, 3.8) is 0 Å². The van der Waals surface area contributed by atoms with E-state index < -0.39 is 0 Å². The van der Waals surface area contributed by atoms with Crippen LogP contribution in [0.5, 0.6) is 0 Å². The molecule has 0 aliphatic carbocycles. The van der Waals surface area contributed by atoms with E-state index in [2.05, 4.69) is 0 Å². The monoisotopic (exact) mass is 305 g/mol. The summed E-state index contributed by atoms with van der Waals surface area (Å²) in [6.07, 6.45) is 0. The summed E-state index contributed by atoms with van der Waals surface area (Å²) >= 11 is 0. The average molecular weight is 304 g/mol. The fourth-order valence-corrected chi connectivity index (χ4v) is 0. The van der Waals surface area contributed by atoms with E-state index in [1.165, 1.54) is 0 Å². The molecule has 0 heterocycles. The van der Waals surface area contributed by atoms with Gasteiger partial charge in [0.15, 0.2) is 0 Å². The summed E-state index contributed by atoms with van der Waals surface area (Å²) in [6, 6.07) is 0. The van der Waals surface area contributed by atoms with Crippen molar-refractivity contribution < 1.29 is 26.8 Å². The maximum Gasteiger partial charge on any atom is 0 e. The van der Waals surface area contributed by atoms with Crippen molar-refractivity contribution in [3.8, 4) is 0 Å². The smallest absolute Gasteiger partial charge is 0 e. The zero-order valence-electron chi connectivity index (χ0n) is 1.56. The van der Waals surface area contributed by atoms with Crippen LogP contribution in [0.3, 0.4) is 0 Å². The van der Waals surface area contributed by atoms with E-state index in [9.17, 15) is 0 Å². The molecule has 0 aromatic carbocycles. The molecule has 25 valence electrons. The molecule has 0 aromatic rings. The van der Waals surface area contributed by atoms with Crippen LogP contribution in [-0.2, 0) is 26.8 Å². The number of rotatable bonds is 0. The third-order valence-corrected chi connectivity index (χ3v) is 0. The zero-order chi connectivity index (χ0) is 2.00. The number of hydrogen-bond donors (Lipinski definition) is 0. The molecule has 4 heavy (non-hydrogen) atoms. The van der Waals surface area contributed by atoms with Crippen LogP contribution in [0, 0.1) is 0 Å². The molecule has 0 aliphatic heterocycles. The fourth-order valence-electron chi connectivity index (χ4n) is 0. The maximum atomic E-state index is 8.28. The molecule has 0 aliphatic rings. The Morgan fingerprint density at radius 3 is 1.25 bits per heavy atom. The van der Waals surface area contributed by atoms with Gasteiger partial charge in [0.1, 0.15) is 0 Å². The van der Waals surface area contributed by atoms with Crippen LogP contribution in [0.2, 0.25) is 0 Å². The molecule has 4 heteroatoms. The maximum absolute atomic E-state index is 8.28. The van der Waals surface area contributed by atoms with Crippen LogP contribution in [-0.4, -0.2) is 27.7 Å². The minimum Gasteiger partial charge on any atom is 0 e. The second-order valence-electron chi connectivity index (χ2n) is 0. The first-order valence-corrected chi connectivity index (χ1v) is 0.866. The molecule has 0 saturated carbocycles. The van der Waals surface area contributed by atoms with E-state index in [1.54, 1.807) is 0 Å². The summed E-state index contributed by atoms with van der Waals surface area (Å²) in [5, 5.41) is 0. The van der Waals surface area contributed by atoms with Gasteiger partial charge in [-0.3, -0.25) is 0 Å². The first kappa shape index (κ1) is 18.5. The molecule has 1 radical (unpaired) electrons. The molecular weight excluding hydrogens is 298 g/mol. The molecule has 0 fully saturated rings. The van der Waals surface area contributed by atoms with Crippen molar-refractivity contribution in [2.45, 2.75) is 0 Å². The average Bonchev–Trinajstić information content (AvgIpc) is 1.00. The molecule has 0 saturated heterocycles. The predicted octanol–water partition coefficient (Wildman–Crippen LogP) is -2.49. The van der Waals surface area contributed by atoms with E-state index >= 15 is 0 Å². The van der Waals surface area contributed by atoms with Gasteiger partial charge >= 0.3 is 17.6 Å². The van der Waals surface area contributed by atoms with Crippen LogP contribution in [0.1, 0.15) is 0 Å². The van der Waals surface area contributed by atoms with Crippen LogP contribution in [0.15, 0.2) is 0 Å². The molecule has 0 N–H and O–H groups in total. The first-order valence-electron chi connectivity index (χ1n) is 0.289. The fraction of sp³-hybridized carbons (Fsp3) is 0. The van der Waals surface area contributed by atoms with E-state index in [4.69, 9.17) is 4.46 Å². The van der Waals surface area contributed by atoms with Gasteiger partial charge in [-0.1, -0.05) is 0 Å². The largest absolute Gasteiger partial charge is 0 e. The normalized spacial score (nSPS) is 1.00. The Hall–Kier alpha value is 1.30. The molecule has 0 spiro atoms. The molecule has 1 nitrogen and oxygen atoms in total.